The van der Waals surface area contributed by atoms with E-state index in [0.717, 1.165) is 103 Å². The van der Waals surface area contributed by atoms with Crippen LogP contribution >= 0.6 is 0 Å². The first-order chi connectivity index (χ1) is 37.0. The zero-order valence-corrected chi connectivity index (χ0v) is 50.1. The number of carbonyl (C=O) groups is 3. The van der Waals surface area contributed by atoms with Gasteiger partial charge in [0.05, 0.1) is 0 Å². The predicted molar refractivity (Wildman–Crippen MR) is 325 cm³/mol. The van der Waals surface area contributed by atoms with Gasteiger partial charge < -0.3 is 14.2 Å². The van der Waals surface area contributed by atoms with E-state index in [4.69, 9.17) is 14.2 Å². The van der Waals surface area contributed by atoms with E-state index in [-0.39, 0.29) is 31.1 Å². The fourth-order valence-electron chi connectivity index (χ4n) is 9.61. The van der Waals surface area contributed by atoms with Crippen LogP contribution in [0.1, 0.15) is 342 Å². The molecule has 0 aromatic carbocycles. The average Bonchev–Trinajstić information content (AvgIpc) is 3.41. The van der Waals surface area contributed by atoms with E-state index < -0.39 is 6.10 Å². The van der Waals surface area contributed by atoms with Gasteiger partial charge in [-0.25, -0.2) is 0 Å². The predicted octanol–water partition coefficient (Wildman–Crippen LogP) is 22.3. The lowest BCUT2D eigenvalue weighted by Crippen LogP contribution is -2.30. The Morgan fingerprint density at radius 3 is 0.827 bits per heavy atom. The summed E-state index contributed by atoms with van der Waals surface area (Å²) < 4.78 is 16.8. The Balaban J connectivity index is 3.93. The lowest BCUT2D eigenvalue weighted by Gasteiger charge is -2.18. The first-order valence-electron chi connectivity index (χ1n) is 32.8. The number of rotatable bonds is 60. The summed E-state index contributed by atoms with van der Waals surface area (Å²) in [5, 5.41) is 0. The van der Waals surface area contributed by atoms with Gasteiger partial charge in [0.25, 0.3) is 0 Å². The summed E-state index contributed by atoms with van der Waals surface area (Å²) >= 11 is 0. The zero-order valence-electron chi connectivity index (χ0n) is 50.1. The molecule has 75 heavy (non-hydrogen) atoms. The van der Waals surface area contributed by atoms with Crippen molar-refractivity contribution >= 4 is 17.9 Å². The summed E-state index contributed by atoms with van der Waals surface area (Å²) in [6.45, 7) is 6.47. The summed E-state index contributed by atoms with van der Waals surface area (Å²) in [7, 11) is 0. The molecule has 0 aliphatic carbocycles. The van der Waals surface area contributed by atoms with Crippen LogP contribution in [0.4, 0.5) is 0 Å². The van der Waals surface area contributed by atoms with Crippen LogP contribution < -0.4 is 0 Å². The average molecular weight is 1050 g/mol. The highest BCUT2D eigenvalue weighted by Crippen LogP contribution is 2.17. The third-order valence-electron chi connectivity index (χ3n) is 14.5. The Morgan fingerprint density at radius 1 is 0.280 bits per heavy atom. The van der Waals surface area contributed by atoms with Gasteiger partial charge in [-0.2, -0.15) is 0 Å². The fourth-order valence-corrected chi connectivity index (χ4v) is 9.61. The minimum atomic E-state index is -0.777. The van der Waals surface area contributed by atoms with Gasteiger partial charge in [0.2, 0.25) is 0 Å². The van der Waals surface area contributed by atoms with Gasteiger partial charge in [0.15, 0.2) is 6.10 Å². The molecule has 0 saturated carbocycles. The minimum Gasteiger partial charge on any atom is -0.462 e. The number of hydrogen-bond acceptors (Lipinski definition) is 6. The van der Waals surface area contributed by atoms with Crippen molar-refractivity contribution in [2.75, 3.05) is 13.2 Å². The molecule has 0 amide bonds. The summed E-state index contributed by atoms with van der Waals surface area (Å²) in [5.41, 5.74) is 0. The van der Waals surface area contributed by atoms with E-state index >= 15 is 0 Å². The van der Waals surface area contributed by atoms with Crippen LogP contribution in [0.2, 0.25) is 0 Å². The molecular weight excluding hydrogens is 925 g/mol. The second kappa shape index (κ2) is 63.6. The Hall–Kier alpha value is -2.89. The Morgan fingerprint density at radius 2 is 0.520 bits per heavy atom. The first-order valence-corrected chi connectivity index (χ1v) is 32.8. The minimum absolute atomic E-state index is 0.0774. The van der Waals surface area contributed by atoms with E-state index in [2.05, 4.69) is 81.5 Å². The molecule has 0 aliphatic rings. The Kier molecular flexibility index (Phi) is 61.2. The number of ether oxygens (including phenoxy) is 3. The highest BCUT2D eigenvalue weighted by molar-refractivity contribution is 5.71. The highest BCUT2D eigenvalue weighted by atomic mass is 16.6. The van der Waals surface area contributed by atoms with Crippen molar-refractivity contribution in [3.63, 3.8) is 0 Å². The number of esters is 3. The highest BCUT2D eigenvalue weighted by Gasteiger charge is 2.19. The number of unbranched alkanes of at least 4 members (excludes halogenated alkanes) is 39. The molecule has 0 aromatic rings. The van der Waals surface area contributed by atoms with Crippen molar-refractivity contribution in [3.05, 3.63) is 60.8 Å². The van der Waals surface area contributed by atoms with E-state index in [9.17, 15) is 14.4 Å². The van der Waals surface area contributed by atoms with Crippen LogP contribution in [0.5, 0.6) is 0 Å². The smallest absolute Gasteiger partial charge is 0.306 e. The molecule has 0 N–H and O–H groups in total. The van der Waals surface area contributed by atoms with Crippen LogP contribution in [0.15, 0.2) is 60.8 Å². The monoisotopic (exact) mass is 1050 g/mol. The van der Waals surface area contributed by atoms with Gasteiger partial charge in [-0.1, -0.05) is 300 Å². The SMILES string of the molecule is CC/C=C\C/C=C\C/C=C\C/C=C\CCCCCCCCC(=O)OC(COC(=O)CCCCCCC)COC(=O)CCCCCCCCCCCCCCCCCCCCCCC/C=C\CCCCCCCCCC. The zero-order chi connectivity index (χ0) is 54.3. The van der Waals surface area contributed by atoms with Gasteiger partial charge in [-0.15, -0.1) is 0 Å². The third-order valence-corrected chi connectivity index (χ3v) is 14.5. The number of allylic oxidation sites excluding steroid dienone is 10. The van der Waals surface area contributed by atoms with Crippen molar-refractivity contribution < 1.29 is 28.6 Å². The van der Waals surface area contributed by atoms with E-state index in [1.165, 1.54) is 199 Å². The van der Waals surface area contributed by atoms with Crippen molar-refractivity contribution in [1.29, 1.82) is 0 Å². The number of carbonyl (C=O) groups excluding carboxylic acids is 3. The van der Waals surface area contributed by atoms with Crippen LogP contribution in [-0.2, 0) is 28.6 Å². The molecule has 6 nitrogen and oxygen atoms in total. The second-order valence-electron chi connectivity index (χ2n) is 22.0. The molecular formula is C69H124O6. The lowest BCUT2D eigenvalue weighted by atomic mass is 10.0. The molecule has 0 aromatic heterocycles. The maximum atomic E-state index is 12.8. The molecule has 6 heteroatoms. The largest absolute Gasteiger partial charge is 0.462 e. The topological polar surface area (TPSA) is 78.9 Å². The molecule has 0 saturated heterocycles. The van der Waals surface area contributed by atoms with Crippen LogP contribution in [0.3, 0.4) is 0 Å². The third kappa shape index (κ3) is 61.8. The Bertz CT molecular complexity index is 1340. The molecule has 1 atom stereocenters. The van der Waals surface area contributed by atoms with Crippen molar-refractivity contribution in [3.8, 4) is 0 Å². The summed E-state index contributed by atoms with van der Waals surface area (Å²) in [6, 6.07) is 0. The molecule has 436 valence electrons. The molecule has 0 radical (unpaired) electrons. The molecule has 0 bridgehead atoms. The van der Waals surface area contributed by atoms with Gasteiger partial charge in [-0.3, -0.25) is 14.4 Å². The molecule has 0 rings (SSSR count). The van der Waals surface area contributed by atoms with E-state index in [1.54, 1.807) is 0 Å². The maximum absolute atomic E-state index is 12.8. The standard InChI is InChI=1S/C69H124O6/c1-4-7-10-13-15-17-19-21-23-25-27-28-29-30-31-32-33-34-35-36-37-38-39-40-42-43-45-47-49-51-53-56-59-62-68(71)74-65-66(64-73-67(70)61-58-55-12-9-6-3)75-69(72)63-60-57-54-52-50-48-46-44-41-26-24-22-20-18-16-14-11-8-5-2/h8,11,16,18,22,24-25,27,41,44,66H,4-7,9-10,12-15,17,19-21,23,26,28-40,42-43,45-65H2,1-3H3/b11-8-,18-16-,24-22-,27-25-,44-41-. The van der Waals surface area contributed by atoms with Crippen LogP contribution in [0, 0.1) is 0 Å². The maximum Gasteiger partial charge on any atom is 0.306 e. The van der Waals surface area contributed by atoms with Crippen molar-refractivity contribution in [2.24, 2.45) is 0 Å². The summed E-state index contributed by atoms with van der Waals surface area (Å²) in [4.78, 5) is 37.9. The van der Waals surface area contributed by atoms with Gasteiger partial charge >= 0.3 is 17.9 Å². The van der Waals surface area contributed by atoms with Crippen LogP contribution in [-0.4, -0.2) is 37.2 Å². The molecule has 0 spiro atoms. The lowest BCUT2D eigenvalue weighted by molar-refractivity contribution is -0.167. The van der Waals surface area contributed by atoms with Gasteiger partial charge in [0.1, 0.15) is 13.2 Å². The van der Waals surface area contributed by atoms with Gasteiger partial charge in [0, 0.05) is 19.3 Å². The van der Waals surface area contributed by atoms with E-state index in [1.807, 2.05) is 0 Å². The Labute approximate surface area is 466 Å². The molecule has 0 aliphatic heterocycles. The second-order valence-corrected chi connectivity index (χ2v) is 22.0. The summed E-state index contributed by atoms with van der Waals surface area (Å²) in [5.74, 6) is -0.892. The molecule has 0 fully saturated rings. The van der Waals surface area contributed by atoms with Crippen molar-refractivity contribution in [1.82, 2.24) is 0 Å². The fraction of sp³-hybridized carbons (Fsp3) is 0.812. The quantitative estimate of drug-likeness (QED) is 0.0261. The van der Waals surface area contributed by atoms with E-state index in [0.29, 0.717) is 19.3 Å². The normalized spacial score (nSPS) is 12.4. The molecule has 0 heterocycles. The first kappa shape index (κ1) is 72.1. The van der Waals surface area contributed by atoms with Crippen molar-refractivity contribution in [2.45, 2.75) is 348 Å². The van der Waals surface area contributed by atoms with Gasteiger partial charge in [-0.05, 0) is 83.5 Å². The van der Waals surface area contributed by atoms with Crippen LogP contribution in [0.25, 0.3) is 0 Å². The summed E-state index contributed by atoms with van der Waals surface area (Å²) in [6.07, 6.45) is 81.6. The number of hydrogen-bond donors (Lipinski definition) is 0. The molecule has 1 unspecified atom stereocenters.